The number of carbonyl (C=O) groups is 1. The zero-order valence-electron chi connectivity index (χ0n) is 13.8. The van der Waals surface area contributed by atoms with Crippen LogP contribution in [-0.4, -0.2) is 48.6 Å². The van der Waals surface area contributed by atoms with E-state index in [0.29, 0.717) is 18.8 Å². The van der Waals surface area contributed by atoms with Crippen molar-refractivity contribution in [3.8, 4) is 5.75 Å². The number of benzene rings is 1. The summed E-state index contributed by atoms with van der Waals surface area (Å²) < 4.78 is 18.3. The van der Waals surface area contributed by atoms with Gasteiger partial charge in [0.05, 0.1) is 5.69 Å². The van der Waals surface area contributed by atoms with Crippen molar-refractivity contribution in [3.63, 3.8) is 0 Å². The lowest BCUT2D eigenvalue weighted by molar-refractivity contribution is -0.133. The average molecular weight is 349 g/mol. The summed E-state index contributed by atoms with van der Waals surface area (Å²) in [5.74, 6) is 0.125. The molecule has 1 fully saturated rings. The highest BCUT2D eigenvalue weighted by atomic mass is 32.1. The normalized spacial score (nSPS) is 14.8. The largest absolute Gasteiger partial charge is 0.484 e. The second-order valence-corrected chi connectivity index (χ2v) is 6.93. The van der Waals surface area contributed by atoms with Crippen molar-refractivity contribution in [1.29, 1.82) is 0 Å². The van der Waals surface area contributed by atoms with Crippen molar-refractivity contribution in [2.75, 3.05) is 37.7 Å². The van der Waals surface area contributed by atoms with E-state index in [4.69, 9.17) is 4.74 Å². The standard InChI is InChI=1S/C17H20FN3O2S/c1-12-13(2)24-17(19-12)21-9-7-20(8-10-21)16(22)11-23-15-5-3-14(18)4-6-15/h3-6H,7-11H2,1-2H3. The number of carbonyl (C=O) groups excluding carboxylic acids is 1. The van der Waals surface area contributed by atoms with Crippen molar-refractivity contribution in [1.82, 2.24) is 9.88 Å². The van der Waals surface area contributed by atoms with Gasteiger partial charge < -0.3 is 14.5 Å². The van der Waals surface area contributed by atoms with Crippen LogP contribution in [-0.2, 0) is 4.79 Å². The van der Waals surface area contributed by atoms with Crippen LogP contribution in [0.25, 0.3) is 0 Å². The van der Waals surface area contributed by atoms with E-state index in [-0.39, 0.29) is 18.3 Å². The molecular weight excluding hydrogens is 329 g/mol. The minimum absolute atomic E-state index is 0.0267. The minimum atomic E-state index is -0.322. The lowest BCUT2D eigenvalue weighted by Crippen LogP contribution is -2.50. The fourth-order valence-electron chi connectivity index (χ4n) is 2.51. The number of aryl methyl sites for hydroxylation is 2. The zero-order valence-corrected chi connectivity index (χ0v) is 14.6. The summed E-state index contributed by atoms with van der Waals surface area (Å²) >= 11 is 1.70. The third-order valence-electron chi connectivity index (χ3n) is 4.10. The number of hydrogen-bond donors (Lipinski definition) is 0. The Morgan fingerprint density at radius 3 is 2.46 bits per heavy atom. The molecule has 128 valence electrons. The monoisotopic (exact) mass is 349 g/mol. The number of thiazole rings is 1. The highest BCUT2D eigenvalue weighted by Gasteiger charge is 2.23. The molecule has 5 nitrogen and oxygen atoms in total. The van der Waals surface area contributed by atoms with Crippen LogP contribution >= 0.6 is 11.3 Å². The van der Waals surface area contributed by atoms with E-state index >= 15 is 0 Å². The number of piperazine rings is 1. The van der Waals surface area contributed by atoms with Gasteiger partial charge in [-0.25, -0.2) is 9.37 Å². The molecule has 0 atom stereocenters. The lowest BCUT2D eigenvalue weighted by Gasteiger charge is -2.34. The summed E-state index contributed by atoms with van der Waals surface area (Å²) in [6.07, 6.45) is 0. The van der Waals surface area contributed by atoms with Crippen molar-refractivity contribution < 1.29 is 13.9 Å². The third-order valence-corrected chi connectivity index (χ3v) is 5.23. The summed E-state index contributed by atoms with van der Waals surface area (Å²) in [4.78, 5) is 22.1. The van der Waals surface area contributed by atoms with Crippen LogP contribution in [0.15, 0.2) is 24.3 Å². The Kier molecular flexibility index (Phi) is 4.99. The molecule has 3 rings (SSSR count). The van der Waals surface area contributed by atoms with Crippen LogP contribution in [0.4, 0.5) is 9.52 Å². The Balaban J connectivity index is 1.48. The Bertz CT molecular complexity index is 690. The molecule has 0 aliphatic carbocycles. The van der Waals surface area contributed by atoms with Gasteiger partial charge in [0.2, 0.25) is 0 Å². The summed E-state index contributed by atoms with van der Waals surface area (Å²) in [6, 6.07) is 5.68. The van der Waals surface area contributed by atoms with Crippen LogP contribution in [0.5, 0.6) is 5.75 Å². The molecule has 0 unspecified atom stereocenters. The molecular formula is C17H20FN3O2S. The molecule has 1 amide bonds. The first-order chi connectivity index (χ1) is 11.5. The van der Waals surface area contributed by atoms with Gasteiger partial charge in [0.1, 0.15) is 11.6 Å². The van der Waals surface area contributed by atoms with Gasteiger partial charge in [-0.05, 0) is 38.1 Å². The second-order valence-electron chi connectivity index (χ2n) is 5.75. The molecule has 7 heteroatoms. The maximum absolute atomic E-state index is 12.8. The van der Waals surface area contributed by atoms with Gasteiger partial charge in [-0.2, -0.15) is 0 Å². The number of halogens is 1. The quantitative estimate of drug-likeness (QED) is 0.851. The number of nitrogens with zero attached hydrogens (tertiary/aromatic N) is 3. The number of aromatic nitrogens is 1. The first kappa shape index (κ1) is 16.7. The Morgan fingerprint density at radius 1 is 1.21 bits per heavy atom. The highest BCUT2D eigenvalue weighted by Crippen LogP contribution is 2.26. The van der Waals surface area contributed by atoms with E-state index in [9.17, 15) is 9.18 Å². The first-order valence-corrected chi connectivity index (χ1v) is 8.69. The van der Waals surface area contributed by atoms with Gasteiger partial charge in [0.15, 0.2) is 11.7 Å². The molecule has 24 heavy (non-hydrogen) atoms. The Labute approximate surface area is 144 Å². The van der Waals surface area contributed by atoms with Crippen molar-refractivity contribution in [2.45, 2.75) is 13.8 Å². The lowest BCUT2D eigenvalue weighted by atomic mass is 10.3. The van der Waals surface area contributed by atoms with Crippen LogP contribution in [0.3, 0.4) is 0 Å². The Morgan fingerprint density at radius 2 is 1.88 bits per heavy atom. The molecule has 2 aromatic rings. The minimum Gasteiger partial charge on any atom is -0.484 e. The molecule has 1 aliphatic rings. The predicted octanol–water partition coefficient (Wildman–Crippen LogP) is 2.63. The molecule has 0 spiro atoms. The number of rotatable bonds is 4. The van der Waals surface area contributed by atoms with Gasteiger partial charge in [-0.3, -0.25) is 4.79 Å². The maximum Gasteiger partial charge on any atom is 0.260 e. The van der Waals surface area contributed by atoms with Crippen LogP contribution < -0.4 is 9.64 Å². The summed E-state index contributed by atoms with van der Waals surface area (Å²) in [5.41, 5.74) is 1.07. The fraction of sp³-hybridized carbons (Fsp3) is 0.412. The summed E-state index contributed by atoms with van der Waals surface area (Å²) in [6.45, 7) is 6.92. The predicted molar refractivity (Wildman–Crippen MR) is 92.3 cm³/mol. The van der Waals surface area contributed by atoms with E-state index < -0.39 is 0 Å². The van der Waals surface area contributed by atoms with E-state index in [1.807, 2.05) is 6.92 Å². The molecule has 0 radical (unpaired) electrons. The molecule has 0 bridgehead atoms. The third kappa shape index (κ3) is 3.84. The van der Waals surface area contributed by atoms with Crippen LogP contribution in [0, 0.1) is 19.7 Å². The van der Waals surface area contributed by atoms with Crippen molar-refractivity contribution >= 4 is 22.4 Å². The van der Waals surface area contributed by atoms with E-state index in [0.717, 1.165) is 23.9 Å². The molecule has 0 saturated carbocycles. The van der Waals surface area contributed by atoms with E-state index in [1.165, 1.54) is 29.1 Å². The molecule has 1 aliphatic heterocycles. The Hall–Kier alpha value is -2.15. The average Bonchev–Trinajstić information content (AvgIpc) is 2.93. The number of ether oxygens (including phenoxy) is 1. The van der Waals surface area contributed by atoms with Crippen molar-refractivity contribution in [2.24, 2.45) is 0 Å². The molecule has 0 N–H and O–H groups in total. The van der Waals surface area contributed by atoms with Gasteiger partial charge in [-0.1, -0.05) is 0 Å². The van der Waals surface area contributed by atoms with Gasteiger partial charge in [0.25, 0.3) is 5.91 Å². The van der Waals surface area contributed by atoms with Crippen LogP contribution in [0.2, 0.25) is 0 Å². The number of anilines is 1. The molecule has 1 aromatic carbocycles. The molecule has 2 heterocycles. The van der Waals surface area contributed by atoms with Gasteiger partial charge in [-0.15, -0.1) is 11.3 Å². The second kappa shape index (κ2) is 7.17. The van der Waals surface area contributed by atoms with Gasteiger partial charge >= 0.3 is 0 Å². The first-order valence-electron chi connectivity index (χ1n) is 7.88. The SMILES string of the molecule is Cc1nc(N2CCN(C(=O)COc3ccc(F)cc3)CC2)sc1C. The topological polar surface area (TPSA) is 45.7 Å². The van der Waals surface area contributed by atoms with E-state index in [1.54, 1.807) is 16.2 Å². The summed E-state index contributed by atoms with van der Waals surface area (Å²) in [7, 11) is 0. The van der Waals surface area contributed by atoms with Crippen LogP contribution in [0.1, 0.15) is 10.6 Å². The zero-order chi connectivity index (χ0) is 17.1. The fourth-order valence-corrected chi connectivity index (χ4v) is 3.47. The summed E-state index contributed by atoms with van der Waals surface area (Å²) in [5, 5.41) is 1.03. The smallest absolute Gasteiger partial charge is 0.260 e. The van der Waals surface area contributed by atoms with Crippen molar-refractivity contribution in [3.05, 3.63) is 40.7 Å². The number of hydrogen-bond acceptors (Lipinski definition) is 5. The maximum atomic E-state index is 12.8. The highest BCUT2D eigenvalue weighted by molar-refractivity contribution is 7.15. The number of amides is 1. The molecule has 1 saturated heterocycles. The van der Waals surface area contributed by atoms with Gasteiger partial charge in [0, 0.05) is 31.1 Å². The molecule has 1 aromatic heterocycles. The van der Waals surface area contributed by atoms with E-state index in [2.05, 4.69) is 16.8 Å².